The molecule has 2 fully saturated rings. The van der Waals surface area contributed by atoms with Gasteiger partial charge in [-0.05, 0) is 77.0 Å². The maximum absolute atomic E-state index is 13.2. The lowest BCUT2D eigenvalue weighted by Crippen LogP contribution is -2.48. The number of nitrogens with zero attached hydrogens (tertiary/aromatic N) is 1. The number of hydrogen-bond acceptors (Lipinski definition) is 6. The molecule has 1 amide bonds. The van der Waals surface area contributed by atoms with Gasteiger partial charge in [0.2, 0.25) is 0 Å². The Bertz CT molecular complexity index is 896. The van der Waals surface area contributed by atoms with Crippen LogP contribution in [0.25, 0.3) is 0 Å². The molecule has 2 saturated heterocycles. The normalized spacial score (nSPS) is 22.9. The number of benzene rings is 1. The first kappa shape index (κ1) is 28.5. The molecular formula is C26H41ClN2O5S. The van der Waals surface area contributed by atoms with Crippen molar-refractivity contribution in [3.63, 3.8) is 0 Å². The first-order valence-electron chi connectivity index (χ1n) is 12.4. The van der Waals surface area contributed by atoms with Gasteiger partial charge in [-0.15, -0.1) is 4.72 Å². The number of rotatable bonds is 7. The van der Waals surface area contributed by atoms with Gasteiger partial charge in [-0.25, -0.2) is 0 Å². The van der Waals surface area contributed by atoms with Gasteiger partial charge in [-0.2, -0.15) is 0 Å². The molecule has 0 radical (unpaired) electrons. The number of carbonyl (C=O) groups is 1. The molecule has 35 heavy (non-hydrogen) atoms. The predicted octanol–water partition coefficient (Wildman–Crippen LogP) is 4.96. The molecule has 3 atom stereocenters. The molecule has 0 aliphatic carbocycles. The highest BCUT2D eigenvalue weighted by Gasteiger charge is 2.41. The van der Waals surface area contributed by atoms with E-state index < -0.39 is 28.0 Å². The fraction of sp³-hybridized carbons (Fsp3) is 0.731. The number of ether oxygens (including phenoxy) is 3. The van der Waals surface area contributed by atoms with Gasteiger partial charge in [0.05, 0.1) is 19.8 Å². The van der Waals surface area contributed by atoms with Crippen molar-refractivity contribution in [1.29, 1.82) is 0 Å². The molecule has 9 heteroatoms. The molecule has 0 aromatic heterocycles. The zero-order valence-electron chi connectivity index (χ0n) is 22.3. The average molecular weight is 529 g/mol. The van der Waals surface area contributed by atoms with E-state index in [0.717, 1.165) is 29.7 Å². The fourth-order valence-electron chi connectivity index (χ4n) is 4.62. The predicted molar refractivity (Wildman–Crippen MR) is 140 cm³/mol. The van der Waals surface area contributed by atoms with Crippen LogP contribution in [0.15, 0.2) is 12.1 Å². The Labute approximate surface area is 218 Å². The van der Waals surface area contributed by atoms with Crippen molar-refractivity contribution in [2.45, 2.75) is 89.9 Å². The minimum absolute atomic E-state index is 0.0290. The Morgan fingerprint density at radius 1 is 1.26 bits per heavy atom. The Morgan fingerprint density at radius 2 is 1.89 bits per heavy atom. The van der Waals surface area contributed by atoms with Gasteiger partial charge in [0.1, 0.15) is 10.5 Å². The van der Waals surface area contributed by atoms with Crippen LogP contribution in [-0.2, 0) is 25.6 Å². The monoisotopic (exact) mass is 528 g/mol. The van der Waals surface area contributed by atoms with Gasteiger partial charge in [0, 0.05) is 35.0 Å². The summed E-state index contributed by atoms with van der Waals surface area (Å²) in [4.78, 5) is 14.9. The van der Waals surface area contributed by atoms with Crippen molar-refractivity contribution in [3.05, 3.63) is 28.3 Å². The second kappa shape index (κ2) is 11.2. The van der Waals surface area contributed by atoms with Crippen LogP contribution in [-0.4, -0.2) is 58.8 Å². The van der Waals surface area contributed by atoms with E-state index in [1.54, 1.807) is 7.11 Å². The summed E-state index contributed by atoms with van der Waals surface area (Å²) < 4.78 is 33.3. The van der Waals surface area contributed by atoms with Crippen LogP contribution in [0, 0.1) is 5.92 Å². The summed E-state index contributed by atoms with van der Waals surface area (Å²) in [5.74, 6) is 0.374. The van der Waals surface area contributed by atoms with E-state index in [2.05, 4.69) is 18.6 Å². The van der Waals surface area contributed by atoms with Crippen LogP contribution in [0.5, 0.6) is 5.75 Å². The van der Waals surface area contributed by atoms with Crippen LogP contribution >= 0.6 is 11.6 Å². The van der Waals surface area contributed by atoms with E-state index in [-0.39, 0.29) is 30.4 Å². The molecule has 1 N–H and O–H groups in total. The van der Waals surface area contributed by atoms with Crippen molar-refractivity contribution in [1.82, 2.24) is 9.62 Å². The molecule has 7 nitrogen and oxygen atoms in total. The lowest BCUT2D eigenvalue weighted by Gasteiger charge is -2.38. The third-order valence-corrected chi connectivity index (χ3v) is 8.61. The summed E-state index contributed by atoms with van der Waals surface area (Å²) in [6.45, 7) is 15.2. The van der Waals surface area contributed by atoms with Gasteiger partial charge in [-0.1, -0.05) is 25.4 Å². The molecule has 0 bridgehead atoms. The number of likely N-dealkylation sites (tertiary alicyclic amines) is 1. The lowest BCUT2D eigenvalue weighted by molar-refractivity contribution is -0.161. The molecule has 2 aliphatic heterocycles. The van der Waals surface area contributed by atoms with Gasteiger partial charge in [0.15, 0.2) is 11.9 Å². The highest BCUT2D eigenvalue weighted by molar-refractivity contribution is 7.90. The summed E-state index contributed by atoms with van der Waals surface area (Å²) >= 11 is 5.39. The summed E-state index contributed by atoms with van der Waals surface area (Å²) in [7, 11) is 1.65. The van der Waals surface area contributed by atoms with E-state index in [1.165, 1.54) is 0 Å². The highest BCUT2D eigenvalue weighted by atomic mass is 35.5. The maximum atomic E-state index is 13.2. The number of halogens is 1. The zero-order valence-corrected chi connectivity index (χ0v) is 23.8. The SMILES string of the molecule is COc1cc(C(C)C)c(Cl)cc1C(N[S@@+]([O-])C(C)(C)C)C1CCN(C(=O)C2COC(C)(C)O2)CC1. The quantitative estimate of drug-likeness (QED) is 0.504. The summed E-state index contributed by atoms with van der Waals surface area (Å²) in [5.41, 5.74) is 1.92. The second-order valence-corrected chi connectivity index (χ2v) is 13.6. The summed E-state index contributed by atoms with van der Waals surface area (Å²) in [6.07, 6.45) is 0.953. The van der Waals surface area contributed by atoms with E-state index in [0.29, 0.717) is 18.1 Å². The van der Waals surface area contributed by atoms with Crippen LogP contribution in [0.3, 0.4) is 0 Å². The van der Waals surface area contributed by atoms with Crippen LogP contribution < -0.4 is 9.46 Å². The van der Waals surface area contributed by atoms with E-state index in [1.807, 2.05) is 51.7 Å². The van der Waals surface area contributed by atoms with Gasteiger partial charge < -0.3 is 23.7 Å². The third kappa shape index (κ3) is 6.84. The molecule has 2 aliphatic rings. The molecule has 3 rings (SSSR count). The first-order valence-corrected chi connectivity index (χ1v) is 13.9. The summed E-state index contributed by atoms with van der Waals surface area (Å²) in [6, 6.07) is 3.72. The molecule has 1 aromatic carbocycles. The molecule has 1 aromatic rings. The lowest BCUT2D eigenvalue weighted by atomic mass is 9.84. The van der Waals surface area contributed by atoms with Gasteiger partial charge >= 0.3 is 0 Å². The maximum Gasteiger partial charge on any atom is 0.254 e. The second-order valence-electron chi connectivity index (χ2n) is 11.2. The van der Waals surface area contributed by atoms with E-state index in [9.17, 15) is 9.35 Å². The van der Waals surface area contributed by atoms with Crippen molar-refractivity contribution in [3.8, 4) is 5.75 Å². The Balaban J connectivity index is 1.83. The Hall–Kier alpha value is -1.03. The Morgan fingerprint density at radius 3 is 2.37 bits per heavy atom. The van der Waals surface area contributed by atoms with Crippen molar-refractivity contribution in [2.24, 2.45) is 5.92 Å². The van der Waals surface area contributed by atoms with Crippen molar-refractivity contribution >= 4 is 28.9 Å². The molecule has 0 saturated carbocycles. The zero-order chi connectivity index (χ0) is 26.1. The third-order valence-electron chi connectivity index (χ3n) is 6.70. The van der Waals surface area contributed by atoms with Gasteiger partial charge in [-0.3, -0.25) is 4.79 Å². The molecule has 198 valence electrons. The number of carbonyl (C=O) groups excluding carboxylic acids is 1. The number of methoxy groups -OCH3 is 1. The molecule has 0 spiro atoms. The highest BCUT2D eigenvalue weighted by Crippen LogP contribution is 2.41. The van der Waals surface area contributed by atoms with Crippen LogP contribution in [0.1, 0.15) is 84.4 Å². The van der Waals surface area contributed by atoms with Crippen molar-refractivity contribution < 1.29 is 23.6 Å². The first-order chi connectivity index (χ1) is 16.2. The largest absolute Gasteiger partial charge is 0.598 e. The average Bonchev–Trinajstić information content (AvgIpc) is 3.15. The molecule has 2 heterocycles. The number of piperidine rings is 1. The number of hydrogen-bond donors (Lipinski definition) is 1. The van der Waals surface area contributed by atoms with Crippen LogP contribution in [0.4, 0.5) is 0 Å². The van der Waals surface area contributed by atoms with E-state index >= 15 is 0 Å². The fourth-order valence-corrected chi connectivity index (χ4v) is 5.91. The standard InChI is InChI=1S/C26H41ClN2O5S/c1-16(2)18-14-21(32-8)19(13-20(18)27)23(28-35(31)25(3,4)5)17-9-11-29(12-10-17)24(30)22-15-33-26(6,7)34-22/h13-14,16-17,22-23,28H,9-12,15H2,1-8H3/t22?,23?,35-/m0/s1. The smallest absolute Gasteiger partial charge is 0.254 e. The number of amides is 1. The van der Waals surface area contributed by atoms with Gasteiger partial charge in [0.25, 0.3) is 5.91 Å². The molecular weight excluding hydrogens is 488 g/mol. The summed E-state index contributed by atoms with van der Waals surface area (Å²) in [5, 5.41) is 0.678. The topological polar surface area (TPSA) is 83.1 Å². The Kier molecular flexibility index (Phi) is 9.09. The van der Waals surface area contributed by atoms with Crippen molar-refractivity contribution in [2.75, 3.05) is 26.8 Å². The minimum Gasteiger partial charge on any atom is -0.598 e. The minimum atomic E-state index is -1.29. The van der Waals surface area contributed by atoms with E-state index in [4.69, 9.17) is 25.8 Å². The van der Waals surface area contributed by atoms with Crippen LogP contribution in [0.2, 0.25) is 5.02 Å². The molecule has 2 unspecified atom stereocenters. The number of nitrogens with one attached hydrogen (secondary N) is 1.